The number of likely N-dealkylation sites (N-methyl/N-ethyl adjacent to an activating group) is 1. The van der Waals surface area contributed by atoms with Gasteiger partial charge in [0.15, 0.2) is 0 Å². The molecule has 122 valence electrons. The molecule has 0 saturated carbocycles. The molecule has 2 aromatic carbocycles. The van der Waals surface area contributed by atoms with Crippen molar-refractivity contribution in [3.63, 3.8) is 0 Å². The van der Waals surface area contributed by atoms with Gasteiger partial charge in [0, 0.05) is 19.0 Å². The van der Waals surface area contributed by atoms with Crippen molar-refractivity contribution >= 4 is 5.69 Å². The number of nitrogens with zero attached hydrogens (tertiary/aromatic N) is 1. The molecule has 4 heteroatoms. The Hall–Kier alpha value is -2.36. The highest BCUT2D eigenvalue weighted by molar-refractivity contribution is 5.62. The zero-order valence-electron chi connectivity index (χ0n) is 13.7. The number of hydrogen-bond donors (Lipinski definition) is 1. The van der Waals surface area contributed by atoms with E-state index in [0.717, 1.165) is 36.7 Å². The Balaban J connectivity index is 1.73. The number of phenols is 1. The zero-order chi connectivity index (χ0) is 16.2. The molecular formula is C19H23NO3. The van der Waals surface area contributed by atoms with E-state index in [0.29, 0.717) is 6.61 Å². The summed E-state index contributed by atoms with van der Waals surface area (Å²) in [5, 5.41) is 9.68. The number of aromatic hydroxyl groups is 1. The van der Waals surface area contributed by atoms with Crippen LogP contribution in [0.25, 0.3) is 0 Å². The number of anilines is 1. The third-order valence-corrected chi connectivity index (χ3v) is 4.08. The third-order valence-electron chi connectivity index (χ3n) is 4.08. The van der Waals surface area contributed by atoms with Crippen LogP contribution in [0.1, 0.15) is 19.4 Å². The van der Waals surface area contributed by atoms with Gasteiger partial charge in [-0.1, -0.05) is 12.1 Å². The Kier molecular flexibility index (Phi) is 4.60. The number of fused-ring (bicyclic) bond motifs is 1. The van der Waals surface area contributed by atoms with Gasteiger partial charge in [0.05, 0.1) is 18.8 Å². The van der Waals surface area contributed by atoms with E-state index in [9.17, 15) is 5.11 Å². The van der Waals surface area contributed by atoms with E-state index >= 15 is 0 Å². The van der Waals surface area contributed by atoms with Crippen molar-refractivity contribution in [2.24, 2.45) is 0 Å². The first-order valence-electron chi connectivity index (χ1n) is 8.16. The van der Waals surface area contributed by atoms with E-state index in [1.807, 2.05) is 25.1 Å². The van der Waals surface area contributed by atoms with Crippen LogP contribution in [0.3, 0.4) is 0 Å². The Labute approximate surface area is 137 Å². The van der Waals surface area contributed by atoms with Crippen LogP contribution < -0.4 is 14.4 Å². The molecule has 0 amide bonds. The van der Waals surface area contributed by atoms with Crippen LogP contribution in [-0.4, -0.2) is 30.9 Å². The summed E-state index contributed by atoms with van der Waals surface area (Å²) in [7, 11) is 0. The fraction of sp³-hybridized carbons (Fsp3) is 0.368. The Bertz CT molecular complexity index is 654. The molecule has 1 N–H and O–H groups in total. The molecule has 0 bridgehead atoms. The maximum atomic E-state index is 9.68. The normalized spacial score (nSPS) is 16.6. The summed E-state index contributed by atoms with van der Waals surface area (Å²) in [5.41, 5.74) is 2.20. The van der Waals surface area contributed by atoms with E-state index in [1.54, 1.807) is 12.1 Å². The highest BCUT2D eigenvalue weighted by Crippen LogP contribution is 2.36. The number of rotatable bonds is 5. The molecule has 0 spiro atoms. The van der Waals surface area contributed by atoms with Gasteiger partial charge in [-0.3, -0.25) is 0 Å². The number of benzene rings is 2. The average Bonchev–Trinajstić information content (AvgIpc) is 2.56. The van der Waals surface area contributed by atoms with Crippen molar-refractivity contribution in [1.82, 2.24) is 0 Å². The summed E-state index contributed by atoms with van der Waals surface area (Å²) in [5.74, 6) is 2.01. The Morgan fingerprint density at radius 3 is 2.65 bits per heavy atom. The minimum atomic E-state index is 0.102. The van der Waals surface area contributed by atoms with Crippen LogP contribution in [0.5, 0.6) is 17.2 Å². The molecule has 1 aliphatic heterocycles. The minimum Gasteiger partial charge on any atom is -0.508 e. The first-order chi connectivity index (χ1) is 11.2. The van der Waals surface area contributed by atoms with Crippen molar-refractivity contribution in [1.29, 1.82) is 0 Å². The summed E-state index contributed by atoms with van der Waals surface area (Å²) < 4.78 is 11.6. The second-order valence-corrected chi connectivity index (χ2v) is 5.71. The second kappa shape index (κ2) is 6.82. The summed E-state index contributed by atoms with van der Waals surface area (Å²) in [6, 6.07) is 13.5. The molecule has 1 aliphatic rings. The predicted molar refractivity (Wildman–Crippen MR) is 91.7 cm³/mol. The summed E-state index contributed by atoms with van der Waals surface area (Å²) in [6.07, 6.45) is 0.952. The molecule has 1 heterocycles. The van der Waals surface area contributed by atoms with Gasteiger partial charge < -0.3 is 19.5 Å². The van der Waals surface area contributed by atoms with Gasteiger partial charge in [0.2, 0.25) is 0 Å². The molecular weight excluding hydrogens is 290 g/mol. The number of phenolic OH excluding ortho intramolecular Hbond substituents is 1. The summed E-state index contributed by atoms with van der Waals surface area (Å²) in [6.45, 7) is 6.49. The Morgan fingerprint density at radius 1 is 1.17 bits per heavy atom. The predicted octanol–water partition coefficient (Wildman–Crippen LogP) is 3.62. The number of hydrogen-bond acceptors (Lipinski definition) is 4. The van der Waals surface area contributed by atoms with E-state index in [1.165, 1.54) is 5.56 Å². The molecule has 0 radical (unpaired) electrons. The molecule has 1 unspecified atom stereocenters. The lowest BCUT2D eigenvalue weighted by atomic mass is 10.1. The fourth-order valence-electron chi connectivity index (χ4n) is 2.97. The maximum absolute atomic E-state index is 9.68. The van der Waals surface area contributed by atoms with E-state index in [4.69, 9.17) is 9.47 Å². The van der Waals surface area contributed by atoms with E-state index in [2.05, 4.69) is 24.0 Å². The molecule has 0 aliphatic carbocycles. The quantitative estimate of drug-likeness (QED) is 0.915. The first-order valence-corrected chi connectivity index (χ1v) is 8.16. The van der Waals surface area contributed by atoms with Gasteiger partial charge in [0.1, 0.15) is 23.4 Å². The van der Waals surface area contributed by atoms with Gasteiger partial charge >= 0.3 is 0 Å². The average molecular weight is 313 g/mol. The zero-order valence-corrected chi connectivity index (χ0v) is 13.7. The van der Waals surface area contributed by atoms with Crippen molar-refractivity contribution < 1.29 is 14.6 Å². The topological polar surface area (TPSA) is 41.9 Å². The monoisotopic (exact) mass is 313 g/mol. The third kappa shape index (κ3) is 3.52. The van der Waals surface area contributed by atoms with Crippen LogP contribution in [0.4, 0.5) is 5.69 Å². The van der Waals surface area contributed by atoms with Gasteiger partial charge in [-0.05, 0) is 43.7 Å². The van der Waals surface area contributed by atoms with E-state index < -0.39 is 0 Å². The van der Waals surface area contributed by atoms with Gasteiger partial charge in [-0.25, -0.2) is 0 Å². The lowest BCUT2D eigenvalue weighted by molar-refractivity contribution is 0.194. The standard InChI is InChI=1S/C19H23NO3/c1-3-20-13-17(23-19-10-7-15(21)12-18(19)20)11-14-5-8-16(9-6-14)22-4-2/h5-10,12,17,21H,3-4,11,13H2,1-2H3. The largest absolute Gasteiger partial charge is 0.508 e. The minimum absolute atomic E-state index is 0.102. The number of ether oxygens (including phenoxy) is 2. The van der Waals surface area contributed by atoms with Crippen molar-refractivity contribution in [2.45, 2.75) is 26.4 Å². The van der Waals surface area contributed by atoms with Gasteiger partial charge in [-0.15, -0.1) is 0 Å². The molecule has 2 aromatic rings. The van der Waals surface area contributed by atoms with E-state index in [-0.39, 0.29) is 11.9 Å². The smallest absolute Gasteiger partial charge is 0.143 e. The lowest BCUT2D eigenvalue weighted by Gasteiger charge is -2.35. The first kappa shape index (κ1) is 15.5. The highest BCUT2D eigenvalue weighted by Gasteiger charge is 2.25. The lowest BCUT2D eigenvalue weighted by Crippen LogP contribution is -2.41. The van der Waals surface area contributed by atoms with Gasteiger partial charge in [-0.2, -0.15) is 0 Å². The molecule has 0 aromatic heterocycles. The summed E-state index contributed by atoms with van der Waals surface area (Å²) >= 11 is 0. The van der Waals surface area contributed by atoms with Crippen LogP contribution >= 0.6 is 0 Å². The highest BCUT2D eigenvalue weighted by atomic mass is 16.5. The Morgan fingerprint density at radius 2 is 1.96 bits per heavy atom. The molecule has 0 saturated heterocycles. The maximum Gasteiger partial charge on any atom is 0.143 e. The second-order valence-electron chi connectivity index (χ2n) is 5.71. The van der Waals surface area contributed by atoms with Crippen LogP contribution in [-0.2, 0) is 6.42 Å². The van der Waals surface area contributed by atoms with Gasteiger partial charge in [0.25, 0.3) is 0 Å². The molecule has 23 heavy (non-hydrogen) atoms. The van der Waals surface area contributed by atoms with Crippen LogP contribution in [0.2, 0.25) is 0 Å². The van der Waals surface area contributed by atoms with Crippen LogP contribution in [0.15, 0.2) is 42.5 Å². The van der Waals surface area contributed by atoms with Crippen molar-refractivity contribution in [3.05, 3.63) is 48.0 Å². The molecule has 1 atom stereocenters. The fourth-order valence-corrected chi connectivity index (χ4v) is 2.97. The van der Waals surface area contributed by atoms with Crippen molar-refractivity contribution in [3.8, 4) is 17.2 Å². The molecule has 3 rings (SSSR count). The van der Waals surface area contributed by atoms with Crippen LogP contribution in [0, 0.1) is 0 Å². The molecule has 4 nitrogen and oxygen atoms in total. The van der Waals surface area contributed by atoms with Crippen molar-refractivity contribution in [2.75, 3.05) is 24.6 Å². The molecule has 0 fully saturated rings. The SMILES string of the molecule is CCOc1ccc(CC2CN(CC)c3cc(O)ccc3O2)cc1. The summed E-state index contributed by atoms with van der Waals surface area (Å²) in [4.78, 5) is 2.25.